The lowest BCUT2D eigenvalue weighted by Gasteiger charge is -2.18. The summed E-state index contributed by atoms with van der Waals surface area (Å²) in [7, 11) is 4.03. The van der Waals surface area contributed by atoms with Crippen LogP contribution in [0.25, 0.3) is 11.3 Å². The van der Waals surface area contributed by atoms with Crippen LogP contribution < -0.4 is 10.2 Å². The Labute approximate surface area is 175 Å². The fraction of sp³-hybridized carbons (Fsp3) is 0.125. The quantitative estimate of drug-likeness (QED) is 0.525. The summed E-state index contributed by atoms with van der Waals surface area (Å²) in [6.07, 6.45) is 3.46. The molecule has 0 aliphatic carbocycles. The zero-order chi connectivity index (χ0) is 20.9. The van der Waals surface area contributed by atoms with Crippen molar-refractivity contribution in [2.45, 2.75) is 6.54 Å². The minimum atomic E-state index is -0.186. The molecule has 4 rings (SSSR count). The van der Waals surface area contributed by atoms with Gasteiger partial charge in [0.25, 0.3) is 5.91 Å². The highest BCUT2D eigenvalue weighted by molar-refractivity contribution is 5.97. The summed E-state index contributed by atoms with van der Waals surface area (Å²) >= 11 is 0. The van der Waals surface area contributed by atoms with E-state index >= 15 is 0 Å². The number of nitrogens with one attached hydrogen (secondary N) is 1. The Morgan fingerprint density at radius 1 is 1.00 bits per heavy atom. The van der Waals surface area contributed by atoms with E-state index in [0.717, 1.165) is 16.8 Å². The number of pyridine rings is 1. The highest BCUT2D eigenvalue weighted by atomic mass is 16.2. The number of carbonyl (C=O) groups is 1. The molecule has 0 aliphatic rings. The summed E-state index contributed by atoms with van der Waals surface area (Å²) in [6, 6.07) is 23.0. The molecule has 6 nitrogen and oxygen atoms in total. The van der Waals surface area contributed by atoms with Gasteiger partial charge in [-0.15, -0.1) is 0 Å². The van der Waals surface area contributed by atoms with Crippen molar-refractivity contribution in [3.8, 4) is 11.3 Å². The molecule has 0 radical (unpaired) electrons. The van der Waals surface area contributed by atoms with Gasteiger partial charge < -0.3 is 10.2 Å². The largest absolute Gasteiger partial charge is 0.377 e. The molecule has 0 amide bonds. The molecule has 2 aromatic heterocycles. The highest BCUT2D eigenvalue weighted by Crippen LogP contribution is 2.24. The van der Waals surface area contributed by atoms with Gasteiger partial charge in [-0.25, -0.2) is 0 Å². The lowest BCUT2D eigenvalue weighted by Crippen LogP contribution is -2.18. The predicted molar refractivity (Wildman–Crippen MR) is 120 cm³/mol. The van der Waals surface area contributed by atoms with Gasteiger partial charge in [-0.3, -0.25) is 9.78 Å². The second-order valence-corrected chi connectivity index (χ2v) is 7.12. The third kappa shape index (κ3) is 4.07. The molecule has 0 fully saturated rings. The average Bonchev–Trinajstić information content (AvgIpc) is 3.23. The SMILES string of the molecule is CN(C)c1ccccc1CNc1cc(-c2cccnc2)nn1C(=O)c1ccccc1. The van der Waals surface area contributed by atoms with Crippen molar-refractivity contribution in [3.63, 3.8) is 0 Å². The number of hydrogen-bond acceptors (Lipinski definition) is 5. The molecule has 0 saturated heterocycles. The molecule has 30 heavy (non-hydrogen) atoms. The maximum absolute atomic E-state index is 13.1. The normalized spacial score (nSPS) is 10.6. The first-order valence-corrected chi connectivity index (χ1v) is 9.73. The van der Waals surface area contributed by atoms with E-state index in [-0.39, 0.29) is 5.91 Å². The molecule has 2 heterocycles. The summed E-state index contributed by atoms with van der Waals surface area (Å²) in [4.78, 5) is 19.4. The van der Waals surface area contributed by atoms with Crippen LogP contribution in [0, 0.1) is 0 Å². The molecule has 0 unspecified atom stereocenters. The van der Waals surface area contributed by atoms with Crippen LogP contribution in [-0.2, 0) is 6.54 Å². The van der Waals surface area contributed by atoms with Crippen LogP contribution in [-0.4, -0.2) is 34.8 Å². The Kier molecular flexibility index (Phi) is 5.57. The minimum absolute atomic E-state index is 0.186. The predicted octanol–water partition coefficient (Wildman–Crippen LogP) is 4.31. The molecular formula is C24H23N5O. The van der Waals surface area contributed by atoms with Crippen LogP contribution in [0.15, 0.2) is 85.2 Å². The summed E-state index contributed by atoms with van der Waals surface area (Å²) in [5.74, 6) is 0.449. The molecule has 1 N–H and O–H groups in total. The van der Waals surface area contributed by atoms with Crippen LogP contribution >= 0.6 is 0 Å². The van der Waals surface area contributed by atoms with Gasteiger partial charge in [0.15, 0.2) is 0 Å². The summed E-state index contributed by atoms with van der Waals surface area (Å²) in [6.45, 7) is 0.564. The van der Waals surface area contributed by atoms with E-state index in [1.54, 1.807) is 24.5 Å². The van der Waals surface area contributed by atoms with Gasteiger partial charge in [0, 0.05) is 55.9 Å². The van der Waals surface area contributed by atoms with E-state index in [1.165, 1.54) is 4.68 Å². The van der Waals surface area contributed by atoms with Crippen LogP contribution in [0.4, 0.5) is 11.5 Å². The van der Waals surface area contributed by atoms with Crippen molar-refractivity contribution in [1.82, 2.24) is 14.8 Å². The highest BCUT2D eigenvalue weighted by Gasteiger charge is 2.17. The maximum atomic E-state index is 13.1. The third-order valence-electron chi connectivity index (χ3n) is 4.81. The van der Waals surface area contributed by atoms with Gasteiger partial charge in [-0.2, -0.15) is 9.78 Å². The number of benzene rings is 2. The molecular weight excluding hydrogens is 374 g/mol. The minimum Gasteiger partial charge on any atom is -0.377 e. The van der Waals surface area contributed by atoms with E-state index in [4.69, 9.17) is 0 Å². The lowest BCUT2D eigenvalue weighted by molar-refractivity contribution is 0.0948. The van der Waals surface area contributed by atoms with Crippen molar-refractivity contribution in [2.24, 2.45) is 0 Å². The summed E-state index contributed by atoms with van der Waals surface area (Å²) < 4.78 is 1.43. The van der Waals surface area contributed by atoms with Gasteiger partial charge in [-0.1, -0.05) is 36.4 Å². The van der Waals surface area contributed by atoms with Crippen molar-refractivity contribution in [3.05, 3.63) is 96.3 Å². The molecule has 4 aromatic rings. The van der Waals surface area contributed by atoms with Crippen LogP contribution in [0.5, 0.6) is 0 Å². The van der Waals surface area contributed by atoms with Gasteiger partial charge in [0.2, 0.25) is 0 Å². The van der Waals surface area contributed by atoms with Crippen molar-refractivity contribution in [1.29, 1.82) is 0 Å². The van der Waals surface area contributed by atoms with Crippen molar-refractivity contribution >= 4 is 17.4 Å². The first kappa shape index (κ1) is 19.4. The average molecular weight is 397 g/mol. The van der Waals surface area contributed by atoms with Crippen LogP contribution in [0.3, 0.4) is 0 Å². The number of rotatable bonds is 6. The molecule has 0 aliphatic heterocycles. The lowest BCUT2D eigenvalue weighted by atomic mass is 10.1. The Morgan fingerprint density at radius 2 is 1.77 bits per heavy atom. The standard InChI is InChI=1S/C24H23N5O/c1-28(2)22-13-7-6-11-20(22)17-26-23-15-21(19-12-8-14-25-16-19)27-29(23)24(30)18-9-4-3-5-10-18/h3-16,26H,17H2,1-2H3. The number of nitrogens with zero attached hydrogens (tertiary/aromatic N) is 4. The van der Waals surface area contributed by atoms with Crippen LogP contribution in [0.1, 0.15) is 15.9 Å². The Balaban J connectivity index is 1.69. The van der Waals surface area contributed by atoms with Crippen LogP contribution in [0.2, 0.25) is 0 Å². The molecule has 0 spiro atoms. The Morgan fingerprint density at radius 3 is 2.50 bits per heavy atom. The van der Waals surface area contributed by atoms with E-state index < -0.39 is 0 Å². The Bertz CT molecular complexity index is 1140. The number of hydrogen-bond donors (Lipinski definition) is 1. The fourth-order valence-electron chi connectivity index (χ4n) is 3.30. The summed E-state index contributed by atoms with van der Waals surface area (Å²) in [5.41, 5.74) is 4.38. The second kappa shape index (κ2) is 8.61. The molecule has 0 atom stereocenters. The summed E-state index contributed by atoms with van der Waals surface area (Å²) in [5, 5.41) is 7.98. The van der Waals surface area contributed by atoms with Crippen molar-refractivity contribution < 1.29 is 4.79 Å². The number of para-hydroxylation sites is 1. The molecule has 0 bridgehead atoms. The molecule has 150 valence electrons. The number of anilines is 2. The van der Waals surface area contributed by atoms with E-state index in [9.17, 15) is 4.79 Å². The first-order chi connectivity index (χ1) is 14.6. The van der Waals surface area contributed by atoms with Gasteiger partial charge >= 0.3 is 0 Å². The second-order valence-electron chi connectivity index (χ2n) is 7.12. The smallest absolute Gasteiger partial charge is 0.280 e. The fourth-order valence-corrected chi connectivity index (χ4v) is 3.30. The third-order valence-corrected chi connectivity index (χ3v) is 4.81. The Hall–Kier alpha value is -3.93. The zero-order valence-corrected chi connectivity index (χ0v) is 17.0. The molecule has 0 saturated carbocycles. The number of aromatic nitrogens is 3. The van der Waals surface area contributed by atoms with E-state index in [1.807, 2.05) is 62.6 Å². The maximum Gasteiger partial charge on any atom is 0.280 e. The first-order valence-electron chi connectivity index (χ1n) is 9.73. The van der Waals surface area contributed by atoms with Gasteiger partial charge in [-0.05, 0) is 35.9 Å². The van der Waals surface area contributed by atoms with Gasteiger partial charge in [0.1, 0.15) is 5.82 Å². The monoisotopic (exact) mass is 397 g/mol. The van der Waals surface area contributed by atoms with E-state index in [0.29, 0.717) is 23.6 Å². The van der Waals surface area contributed by atoms with E-state index in [2.05, 4.69) is 32.4 Å². The van der Waals surface area contributed by atoms with Gasteiger partial charge in [0.05, 0.1) is 5.69 Å². The number of carbonyl (C=O) groups excluding carboxylic acids is 1. The zero-order valence-electron chi connectivity index (χ0n) is 17.0. The van der Waals surface area contributed by atoms with Crippen molar-refractivity contribution in [2.75, 3.05) is 24.3 Å². The molecule has 2 aromatic carbocycles. The topological polar surface area (TPSA) is 63.0 Å². The molecule has 6 heteroatoms.